The van der Waals surface area contributed by atoms with Crippen molar-refractivity contribution in [3.63, 3.8) is 0 Å². The standard InChI is InChI=1S/C28H33N3O5/c1-17(2)36-14-8-13-30-16-24(32)31-22(28(30)33)15-20-18-9-5-6-11-21(18)29-25(20)26(31)19-10-7-12-23(34-3)27(19)35-4/h5-7,9-12,17,22,26,29H,8,13-16H2,1-4H3. The van der Waals surface area contributed by atoms with Gasteiger partial charge in [0.2, 0.25) is 11.8 Å². The molecule has 190 valence electrons. The van der Waals surface area contributed by atoms with Crippen molar-refractivity contribution >= 4 is 22.7 Å². The van der Waals surface area contributed by atoms with Crippen molar-refractivity contribution in [3.8, 4) is 11.5 Å². The molecule has 2 aliphatic heterocycles. The van der Waals surface area contributed by atoms with Gasteiger partial charge in [-0.05, 0) is 38.0 Å². The van der Waals surface area contributed by atoms with Crippen LogP contribution in [0.25, 0.3) is 10.9 Å². The highest BCUT2D eigenvalue weighted by molar-refractivity contribution is 5.97. The number of aromatic nitrogens is 1. The van der Waals surface area contributed by atoms with Gasteiger partial charge in [0.05, 0.1) is 26.9 Å². The Morgan fingerprint density at radius 3 is 2.61 bits per heavy atom. The molecule has 2 aromatic carbocycles. The molecule has 1 aromatic heterocycles. The molecule has 1 saturated heterocycles. The topological polar surface area (TPSA) is 84.1 Å². The fourth-order valence-electron chi connectivity index (χ4n) is 5.54. The summed E-state index contributed by atoms with van der Waals surface area (Å²) < 4.78 is 17.0. The Hall–Kier alpha value is -3.52. The zero-order chi connectivity index (χ0) is 25.4. The second-order valence-electron chi connectivity index (χ2n) is 9.60. The van der Waals surface area contributed by atoms with Crippen LogP contribution in [-0.4, -0.2) is 72.7 Å². The van der Waals surface area contributed by atoms with Crippen LogP contribution in [-0.2, 0) is 20.7 Å². The first-order valence-corrected chi connectivity index (χ1v) is 12.5. The number of aromatic amines is 1. The molecule has 0 spiro atoms. The van der Waals surface area contributed by atoms with Gasteiger partial charge in [-0.25, -0.2) is 0 Å². The highest BCUT2D eigenvalue weighted by atomic mass is 16.5. The number of piperazine rings is 1. The third-order valence-electron chi connectivity index (χ3n) is 7.09. The number of nitrogens with one attached hydrogen (secondary N) is 1. The highest BCUT2D eigenvalue weighted by Crippen LogP contribution is 2.46. The van der Waals surface area contributed by atoms with Crippen LogP contribution < -0.4 is 9.47 Å². The van der Waals surface area contributed by atoms with Crippen molar-refractivity contribution in [2.24, 2.45) is 0 Å². The van der Waals surface area contributed by atoms with Crippen LogP contribution in [0.15, 0.2) is 42.5 Å². The maximum atomic E-state index is 13.8. The first-order chi connectivity index (χ1) is 17.4. The molecular weight excluding hydrogens is 458 g/mol. The third-order valence-corrected chi connectivity index (χ3v) is 7.09. The number of carbonyl (C=O) groups excluding carboxylic acids is 2. The first kappa shape index (κ1) is 24.2. The Morgan fingerprint density at radius 2 is 1.86 bits per heavy atom. The number of amides is 2. The molecule has 8 nitrogen and oxygen atoms in total. The lowest BCUT2D eigenvalue weighted by atomic mass is 9.85. The lowest BCUT2D eigenvalue weighted by Gasteiger charge is -2.47. The zero-order valence-electron chi connectivity index (χ0n) is 21.2. The summed E-state index contributed by atoms with van der Waals surface area (Å²) in [6.07, 6.45) is 1.29. The Morgan fingerprint density at radius 1 is 1.06 bits per heavy atom. The molecule has 2 unspecified atom stereocenters. The van der Waals surface area contributed by atoms with E-state index in [2.05, 4.69) is 11.1 Å². The van der Waals surface area contributed by atoms with Crippen molar-refractivity contribution < 1.29 is 23.8 Å². The van der Waals surface area contributed by atoms with Gasteiger partial charge in [0.1, 0.15) is 12.1 Å². The summed E-state index contributed by atoms with van der Waals surface area (Å²) in [5, 5.41) is 1.07. The number of fused-ring (bicyclic) bond motifs is 4. The molecule has 0 saturated carbocycles. The molecule has 1 N–H and O–H groups in total. The average Bonchev–Trinajstić information content (AvgIpc) is 3.25. The van der Waals surface area contributed by atoms with Gasteiger partial charge >= 0.3 is 0 Å². The molecule has 0 aliphatic carbocycles. The van der Waals surface area contributed by atoms with E-state index in [1.165, 1.54) is 0 Å². The first-order valence-electron chi connectivity index (χ1n) is 12.5. The largest absolute Gasteiger partial charge is 0.493 e. The van der Waals surface area contributed by atoms with Gasteiger partial charge in [-0.3, -0.25) is 9.59 Å². The van der Waals surface area contributed by atoms with Crippen molar-refractivity contribution in [2.45, 2.75) is 44.9 Å². The molecule has 5 rings (SSSR count). The van der Waals surface area contributed by atoms with Gasteiger partial charge in [0, 0.05) is 41.7 Å². The number of ether oxygens (including phenoxy) is 3. The molecule has 2 aliphatic rings. The minimum absolute atomic E-state index is 0.0260. The Labute approximate surface area is 211 Å². The number of hydrogen-bond acceptors (Lipinski definition) is 5. The van der Waals surface area contributed by atoms with Crippen LogP contribution in [0, 0.1) is 0 Å². The van der Waals surface area contributed by atoms with Crippen LogP contribution in [0.2, 0.25) is 0 Å². The van der Waals surface area contributed by atoms with Gasteiger partial charge in [0.15, 0.2) is 11.5 Å². The van der Waals surface area contributed by atoms with Crippen LogP contribution in [0.1, 0.15) is 43.1 Å². The van der Waals surface area contributed by atoms with Gasteiger partial charge in [-0.15, -0.1) is 0 Å². The molecule has 1 fully saturated rings. The van der Waals surface area contributed by atoms with E-state index in [1.807, 2.05) is 50.2 Å². The van der Waals surface area contributed by atoms with E-state index >= 15 is 0 Å². The lowest BCUT2D eigenvalue weighted by molar-refractivity contribution is -0.158. The summed E-state index contributed by atoms with van der Waals surface area (Å²) in [4.78, 5) is 34.5. The predicted molar refractivity (Wildman–Crippen MR) is 136 cm³/mol. The minimum atomic E-state index is -0.593. The maximum absolute atomic E-state index is 13.8. The Balaban J connectivity index is 1.58. The molecule has 0 bridgehead atoms. The summed E-state index contributed by atoms with van der Waals surface area (Å²) in [5.41, 5.74) is 3.75. The quantitative estimate of drug-likeness (QED) is 0.486. The van der Waals surface area contributed by atoms with Crippen LogP contribution in [0.3, 0.4) is 0 Å². The van der Waals surface area contributed by atoms with Gasteiger partial charge in [-0.2, -0.15) is 0 Å². The zero-order valence-corrected chi connectivity index (χ0v) is 21.2. The van der Waals surface area contributed by atoms with Gasteiger partial charge < -0.3 is 29.0 Å². The van der Waals surface area contributed by atoms with E-state index in [0.29, 0.717) is 37.5 Å². The summed E-state index contributed by atoms with van der Waals surface area (Å²) >= 11 is 0. The number of rotatable bonds is 8. The molecule has 3 aromatic rings. The maximum Gasteiger partial charge on any atom is 0.246 e. The van der Waals surface area contributed by atoms with Crippen molar-refractivity contribution in [1.82, 2.24) is 14.8 Å². The number of H-pyrrole nitrogens is 1. The minimum Gasteiger partial charge on any atom is -0.493 e. The molecule has 0 radical (unpaired) electrons. The number of hydrogen-bond donors (Lipinski definition) is 1. The summed E-state index contributed by atoms with van der Waals surface area (Å²) in [7, 11) is 3.19. The number of methoxy groups -OCH3 is 2. The van der Waals surface area contributed by atoms with Crippen LogP contribution in [0.4, 0.5) is 0 Å². The highest BCUT2D eigenvalue weighted by Gasteiger charge is 2.48. The predicted octanol–water partition coefficient (Wildman–Crippen LogP) is 3.69. The molecule has 8 heteroatoms. The Bertz CT molecular complexity index is 1280. The SMILES string of the molecule is COc1cccc(C2c3[nH]c4ccccc4c3CC3C(=O)N(CCCOC(C)C)CC(=O)N32)c1OC. The van der Waals surface area contributed by atoms with E-state index in [0.717, 1.165) is 27.7 Å². The molecule has 2 amide bonds. The number of para-hydroxylation sites is 2. The lowest BCUT2D eigenvalue weighted by Crippen LogP contribution is -2.63. The number of nitrogens with zero attached hydrogens (tertiary/aromatic N) is 2. The van der Waals surface area contributed by atoms with Crippen LogP contribution in [0.5, 0.6) is 11.5 Å². The fraction of sp³-hybridized carbons (Fsp3) is 0.429. The average molecular weight is 492 g/mol. The van der Waals surface area contributed by atoms with Crippen molar-refractivity contribution in [1.29, 1.82) is 0 Å². The summed E-state index contributed by atoms with van der Waals surface area (Å²) in [6, 6.07) is 12.6. The van der Waals surface area contributed by atoms with Crippen molar-refractivity contribution in [3.05, 3.63) is 59.3 Å². The van der Waals surface area contributed by atoms with E-state index < -0.39 is 12.1 Å². The van der Waals surface area contributed by atoms with E-state index in [-0.39, 0.29) is 24.5 Å². The van der Waals surface area contributed by atoms with E-state index in [9.17, 15) is 9.59 Å². The van der Waals surface area contributed by atoms with E-state index in [1.54, 1.807) is 24.0 Å². The van der Waals surface area contributed by atoms with E-state index in [4.69, 9.17) is 14.2 Å². The summed E-state index contributed by atoms with van der Waals surface area (Å²) in [6.45, 7) is 5.08. The second-order valence-corrected chi connectivity index (χ2v) is 9.60. The van der Waals surface area contributed by atoms with Gasteiger partial charge in [0.25, 0.3) is 0 Å². The van der Waals surface area contributed by atoms with Crippen LogP contribution >= 0.6 is 0 Å². The molecular formula is C28H33N3O5. The molecule has 36 heavy (non-hydrogen) atoms. The fourth-order valence-corrected chi connectivity index (χ4v) is 5.54. The number of carbonyl (C=O) groups is 2. The summed E-state index contributed by atoms with van der Waals surface area (Å²) in [5.74, 6) is 1.03. The normalized spacial score (nSPS) is 19.6. The van der Waals surface area contributed by atoms with Gasteiger partial charge in [-0.1, -0.05) is 30.3 Å². The monoisotopic (exact) mass is 491 g/mol. The Kier molecular flexibility index (Phi) is 6.62. The second kappa shape index (κ2) is 9.85. The molecule has 2 atom stereocenters. The molecule has 3 heterocycles. The number of benzene rings is 2. The third kappa shape index (κ3) is 4.09. The van der Waals surface area contributed by atoms with Crippen molar-refractivity contribution in [2.75, 3.05) is 33.9 Å². The smallest absolute Gasteiger partial charge is 0.246 e.